The van der Waals surface area contributed by atoms with Crippen LogP contribution in [-0.4, -0.2) is 50.0 Å². The molecule has 0 unspecified atom stereocenters. The zero-order valence-electron chi connectivity index (χ0n) is 22.5. The van der Waals surface area contributed by atoms with Crippen LogP contribution in [-0.2, 0) is 32.6 Å². The van der Waals surface area contributed by atoms with E-state index in [0.717, 1.165) is 16.1 Å². The van der Waals surface area contributed by atoms with Crippen molar-refractivity contribution in [1.82, 2.24) is 10.2 Å². The Morgan fingerprint density at radius 1 is 0.950 bits per heavy atom. The number of amides is 2. The summed E-state index contributed by atoms with van der Waals surface area (Å²) >= 11 is 12.2. The fourth-order valence-corrected chi connectivity index (χ4v) is 5.17. The van der Waals surface area contributed by atoms with Crippen LogP contribution >= 0.6 is 23.2 Å². The van der Waals surface area contributed by atoms with Gasteiger partial charge < -0.3 is 10.2 Å². The first-order valence-electron chi connectivity index (χ1n) is 12.7. The van der Waals surface area contributed by atoms with E-state index in [0.29, 0.717) is 12.0 Å². The van der Waals surface area contributed by atoms with Gasteiger partial charge >= 0.3 is 0 Å². The third kappa shape index (κ3) is 8.68. The molecular formula is C29H32Cl2FN3O4S. The molecule has 3 aromatic rings. The van der Waals surface area contributed by atoms with E-state index in [1.807, 2.05) is 44.2 Å². The average molecular weight is 609 g/mol. The van der Waals surface area contributed by atoms with Gasteiger partial charge in [-0.1, -0.05) is 72.6 Å². The molecule has 0 fully saturated rings. The normalized spacial score (nSPS) is 12.8. The molecular weight excluding hydrogens is 576 g/mol. The Balaban J connectivity index is 2.06. The van der Waals surface area contributed by atoms with E-state index < -0.39 is 34.3 Å². The van der Waals surface area contributed by atoms with Crippen molar-refractivity contribution in [3.63, 3.8) is 0 Å². The summed E-state index contributed by atoms with van der Waals surface area (Å²) in [5, 5.41) is 3.31. The lowest BCUT2D eigenvalue weighted by atomic mass is 10.0. The van der Waals surface area contributed by atoms with Crippen LogP contribution in [0.4, 0.5) is 10.1 Å². The first-order chi connectivity index (χ1) is 18.9. The van der Waals surface area contributed by atoms with Crippen molar-refractivity contribution >= 4 is 50.7 Å². The number of nitrogens with one attached hydrogen (secondary N) is 1. The highest BCUT2D eigenvalue weighted by atomic mass is 35.5. The van der Waals surface area contributed by atoms with Gasteiger partial charge in [0, 0.05) is 19.0 Å². The van der Waals surface area contributed by atoms with E-state index in [2.05, 4.69) is 5.32 Å². The maximum atomic E-state index is 14.0. The van der Waals surface area contributed by atoms with Gasteiger partial charge in [0.2, 0.25) is 21.8 Å². The third-order valence-corrected chi connectivity index (χ3v) is 8.29. The fraction of sp³-hybridized carbons (Fsp3) is 0.310. The highest BCUT2D eigenvalue weighted by Gasteiger charge is 2.33. The number of sulfonamides is 1. The van der Waals surface area contributed by atoms with Crippen LogP contribution in [0.25, 0.3) is 0 Å². The fourth-order valence-electron chi connectivity index (χ4n) is 4.04. The lowest BCUT2D eigenvalue weighted by Crippen LogP contribution is -2.54. The molecule has 7 nitrogen and oxygen atoms in total. The van der Waals surface area contributed by atoms with E-state index in [9.17, 15) is 22.4 Å². The molecule has 11 heteroatoms. The van der Waals surface area contributed by atoms with Crippen LogP contribution in [0.15, 0.2) is 72.8 Å². The van der Waals surface area contributed by atoms with Crippen molar-refractivity contribution in [2.45, 2.75) is 45.3 Å². The van der Waals surface area contributed by atoms with Crippen molar-refractivity contribution in [2.24, 2.45) is 0 Å². The summed E-state index contributed by atoms with van der Waals surface area (Å²) in [4.78, 5) is 28.9. The first kappa shape index (κ1) is 31.4. The number of carbonyl (C=O) groups excluding carboxylic acids is 2. The Hall–Kier alpha value is -3.14. The van der Waals surface area contributed by atoms with Gasteiger partial charge in [0.25, 0.3) is 0 Å². The molecule has 0 spiro atoms. The summed E-state index contributed by atoms with van der Waals surface area (Å²) in [6.45, 7) is 3.14. The summed E-state index contributed by atoms with van der Waals surface area (Å²) in [5.41, 5.74) is 1.54. The molecule has 0 radical (unpaired) electrons. The molecule has 214 valence electrons. The van der Waals surface area contributed by atoms with Gasteiger partial charge in [-0.25, -0.2) is 12.8 Å². The third-order valence-electron chi connectivity index (χ3n) is 6.41. The highest BCUT2D eigenvalue weighted by Crippen LogP contribution is 2.29. The molecule has 0 aliphatic carbocycles. The molecule has 0 saturated heterocycles. The number of hydrogen-bond acceptors (Lipinski definition) is 4. The van der Waals surface area contributed by atoms with E-state index in [1.165, 1.54) is 47.4 Å². The minimum Gasteiger partial charge on any atom is -0.352 e. The lowest BCUT2D eigenvalue weighted by molar-refractivity contribution is -0.140. The maximum Gasteiger partial charge on any atom is 0.244 e. The van der Waals surface area contributed by atoms with Crippen LogP contribution in [0.1, 0.15) is 31.4 Å². The van der Waals surface area contributed by atoms with Crippen LogP contribution < -0.4 is 9.62 Å². The Morgan fingerprint density at radius 3 is 2.17 bits per heavy atom. The Labute approximate surface area is 244 Å². The monoisotopic (exact) mass is 607 g/mol. The lowest BCUT2D eigenvalue weighted by Gasteiger charge is -2.34. The van der Waals surface area contributed by atoms with Gasteiger partial charge in [-0.05, 0) is 54.8 Å². The quantitative estimate of drug-likeness (QED) is 0.296. The summed E-state index contributed by atoms with van der Waals surface area (Å²) < 4.78 is 40.2. The molecule has 0 heterocycles. The second kappa shape index (κ2) is 14.0. The minimum atomic E-state index is -3.95. The highest BCUT2D eigenvalue weighted by molar-refractivity contribution is 7.92. The number of hydrogen-bond donors (Lipinski definition) is 1. The predicted octanol–water partition coefficient (Wildman–Crippen LogP) is 5.45. The molecule has 3 aromatic carbocycles. The van der Waals surface area contributed by atoms with E-state index in [4.69, 9.17) is 23.2 Å². The molecule has 40 heavy (non-hydrogen) atoms. The van der Waals surface area contributed by atoms with E-state index >= 15 is 0 Å². The zero-order chi connectivity index (χ0) is 29.4. The maximum absolute atomic E-state index is 14.0. The van der Waals surface area contributed by atoms with Crippen molar-refractivity contribution in [2.75, 3.05) is 17.1 Å². The summed E-state index contributed by atoms with van der Waals surface area (Å²) in [6.07, 6.45) is 1.83. The molecule has 0 aliphatic rings. The second-order valence-electron chi connectivity index (χ2n) is 9.54. The molecule has 2 amide bonds. The SMILES string of the molecule is CC[C@H](C)NC(=O)[C@H](Cc1ccccc1)N(Cc1ccc(F)cc1)C(=O)CN(c1ccc(Cl)c(Cl)c1)S(C)(=O)=O. The number of rotatable bonds is 12. The number of benzene rings is 3. The topological polar surface area (TPSA) is 86.8 Å². The molecule has 0 bridgehead atoms. The Kier molecular flexibility index (Phi) is 11.0. The predicted molar refractivity (Wildman–Crippen MR) is 157 cm³/mol. The van der Waals surface area contributed by atoms with Crippen molar-refractivity contribution < 1.29 is 22.4 Å². The van der Waals surface area contributed by atoms with Gasteiger partial charge in [-0.15, -0.1) is 0 Å². The summed E-state index contributed by atoms with van der Waals surface area (Å²) in [7, 11) is -3.95. The van der Waals surface area contributed by atoms with Gasteiger partial charge in [0.05, 0.1) is 22.0 Å². The minimum absolute atomic E-state index is 0.0521. The molecule has 2 atom stereocenters. The van der Waals surface area contributed by atoms with Crippen LogP contribution in [0, 0.1) is 5.82 Å². The zero-order valence-corrected chi connectivity index (χ0v) is 24.8. The van der Waals surface area contributed by atoms with Crippen LogP contribution in [0.3, 0.4) is 0 Å². The van der Waals surface area contributed by atoms with E-state index in [-0.39, 0.29) is 40.6 Å². The van der Waals surface area contributed by atoms with Crippen LogP contribution in [0.5, 0.6) is 0 Å². The molecule has 0 aliphatic heterocycles. The summed E-state index contributed by atoms with van der Waals surface area (Å²) in [5.74, 6) is -1.45. The van der Waals surface area contributed by atoms with Crippen molar-refractivity contribution in [1.29, 1.82) is 0 Å². The summed E-state index contributed by atoms with van der Waals surface area (Å²) in [6, 6.07) is 17.9. The van der Waals surface area contributed by atoms with Gasteiger partial charge in [-0.3, -0.25) is 13.9 Å². The number of halogens is 3. The Bertz CT molecular complexity index is 1420. The van der Waals surface area contributed by atoms with E-state index in [1.54, 1.807) is 0 Å². The second-order valence-corrected chi connectivity index (χ2v) is 12.3. The largest absolute Gasteiger partial charge is 0.352 e. The number of carbonyl (C=O) groups is 2. The molecule has 1 N–H and O–H groups in total. The smallest absolute Gasteiger partial charge is 0.244 e. The molecule has 0 aromatic heterocycles. The number of anilines is 1. The molecule has 3 rings (SSSR count). The van der Waals surface area contributed by atoms with Crippen LogP contribution in [0.2, 0.25) is 10.0 Å². The van der Waals surface area contributed by atoms with Gasteiger partial charge in [0.15, 0.2) is 0 Å². The average Bonchev–Trinajstić information content (AvgIpc) is 2.91. The Morgan fingerprint density at radius 2 is 1.60 bits per heavy atom. The van der Waals surface area contributed by atoms with Crippen molar-refractivity contribution in [3.8, 4) is 0 Å². The van der Waals surface area contributed by atoms with Gasteiger partial charge in [-0.2, -0.15) is 0 Å². The standard InChI is InChI=1S/C29H32Cl2FN3O4S/c1-4-20(2)33-29(37)27(16-21-8-6-5-7-9-21)34(18-22-10-12-23(32)13-11-22)28(36)19-35(40(3,38)39)24-14-15-25(30)26(31)17-24/h5-15,17,20,27H,4,16,18-19H2,1-3H3,(H,33,37)/t20-,27-/m0/s1. The van der Waals surface area contributed by atoms with Gasteiger partial charge in [0.1, 0.15) is 18.4 Å². The molecule has 0 saturated carbocycles. The number of nitrogens with zero attached hydrogens (tertiary/aromatic N) is 2. The van der Waals surface area contributed by atoms with Crippen molar-refractivity contribution in [3.05, 3.63) is 99.8 Å². The first-order valence-corrected chi connectivity index (χ1v) is 15.3.